The Kier molecular flexibility index (Phi) is 3.86. The lowest BCUT2D eigenvalue weighted by Crippen LogP contribution is -1.69. The van der Waals surface area contributed by atoms with Gasteiger partial charge in [0, 0.05) is 0 Å². The molecule has 0 nitrogen and oxygen atoms in total. The zero-order valence-corrected chi connectivity index (χ0v) is 6.44. The van der Waals surface area contributed by atoms with E-state index in [2.05, 4.69) is 33.5 Å². The zero-order chi connectivity index (χ0) is 7.28. The summed E-state index contributed by atoms with van der Waals surface area (Å²) in [4.78, 5) is 0. The van der Waals surface area contributed by atoms with E-state index in [4.69, 9.17) is 0 Å². The molecule has 0 saturated carbocycles. The van der Waals surface area contributed by atoms with Crippen molar-refractivity contribution in [2.45, 2.75) is 13.8 Å². The van der Waals surface area contributed by atoms with Crippen LogP contribution >= 0.6 is 0 Å². The third kappa shape index (κ3) is 5.15. The van der Waals surface area contributed by atoms with Crippen molar-refractivity contribution in [3.05, 3.63) is 35.9 Å². The highest BCUT2D eigenvalue weighted by molar-refractivity contribution is 6.21. The lowest BCUT2D eigenvalue weighted by molar-refractivity contribution is 1.52. The molecule has 0 aromatic rings. The van der Waals surface area contributed by atoms with Crippen LogP contribution < -0.4 is 0 Å². The average molecular weight is 120 g/mol. The van der Waals surface area contributed by atoms with Gasteiger partial charge >= 0.3 is 0 Å². The largest absolute Gasteiger partial charge is 0.133 e. The fourth-order valence-corrected chi connectivity index (χ4v) is 0.366. The van der Waals surface area contributed by atoms with Crippen molar-refractivity contribution in [3.8, 4) is 0 Å². The molecule has 0 atom stereocenters. The minimum atomic E-state index is 1.20. The predicted molar refractivity (Wildman–Crippen MR) is 46.3 cm³/mol. The first-order chi connectivity index (χ1) is 4.16. The smallest absolute Gasteiger partial charge is 0.113 e. The quantitative estimate of drug-likeness (QED) is 0.384. The maximum absolute atomic E-state index is 3.64. The second kappa shape index (κ2) is 4.19. The van der Waals surface area contributed by atoms with E-state index in [0.29, 0.717) is 0 Å². The van der Waals surface area contributed by atoms with Gasteiger partial charge in [-0.05, 0) is 6.92 Å². The van der Waals surface area contributed by atoms with Crippen LogP contribution in [0.5, 0.6) is 0 Å². The highest BCUT2D eigenvalue weighted by Crippen LogP contribution is 1.94. The van der Waals surface area contributed by atoms with Crippen LogP contribution in [0.4, 0.5) is 0 Å². The number of hydrogen-bond donors (Lipinski definition) is 0. The molecule has 0 fully saturated rings. The van der Waals surface area contributed by atoms with Crippen molar-refractivity contribution in [3.63, 3.8) is 0 Å². The molecule has 0 spiro atoms. The molecule has 0 heterocycles. The summed E-state index contributed by atoms with van der Waals surface area (Å²) in [6.07, 6.45) is 5.98. The Balaban J connectivity index is 3.98. The van der Waals surface area contributed by atoms with Gasteiger partial charge < -0.3 is 0 Å². The van der Waals surface area contributed by atoms with Gasteiger partial charge in [0.1, 0.15) is 7.85 Å². The maximum Gasteiger partial charge on any atom is 0.133 e. The monoisotopic (exact) mass is 120 g/mol. The lowest BCUT2D eigenvalue weighted by Gasteiger charge is -1.86. The first-order valence-corrected chi connectivity index (χ1v) is 3.11. The predicted octanol–water partition coefficient (Wildman–Crippen LogP) is 1.66. The molecule has 0 aromatic carbocycles. The van der Waals surface area contributed by atoms with Gasteiger partial charge in [-0.1, -0.05) is 37.3 Å². The molecule has 0 unspecified atom stereocenters. The molecule has 0 saturated heterocycles. The van der Waals surface area contributed by atoms with Crippen molar-refractivity contribution < 1.29 is 0 Å². The Bertz CT molecular complexity index is 148. The summed E-state index contributed by atoms with van der Waals surface area (Å²) in [5.41, 5.74) is 2.52. The van der Waals surface area contributed by atoms with Crippen molar-refractivity contribution in [2.24, 2.45) is 0 Å². The van der Waals surface area contributed by atoms with E-state index in [9.17, 15) is 0 Å². The lowest BCUT2D eigenvalue weighted by atomic mass is 9.97. The van der Waals surface area contributed by atoms with Crippen LogP contribution in [0, 0.1) is 0 Å². The van der Waals surface area contributed by atoms with Gasteiger partial charge in [-0.2, -0.15) is 0 Å². The summed E-state index contributed by atoms with van der Waals surface area (Å²) in [5.74, 6) is 0. The summed E-state index contributed by atoms with van der Waals surface area (Å²) in [6, 6.07) is 0. The third-order valence-electron chi connectivity index (χ3n) is 1.00. The third-order valence-corrected chi connectivity index (χ3v) is 1.00. The number of allylic oxidation sites excluding steroid dienone is 5. The van der Waals surface area contributed by atoms with Gasteiger partial charge in [0.2, 0.25) is 0 Å². The zero-order valence-electron chi connectivity index (χ0n) is 6.44. The highest BCUT2D eigenvalue weighted by Gasteiger charge is 1.75. The highest BCUT2D eigenvalue weighted by atomic mass is 13.8. The molecule has 0 rings (SSSR count). The van der Waals surface area contributed by atoms with Crippen LogP contribution in [-0.2, 0) is 0 Å². The Morgan fingerprint density at radius 3 is 2.22 bits per heavy atom. The van der Waals surface area contributed by atoms with E-state index in [-0.39, 0.29) is 0 Å². The molecule has 1 heteroatoms. The van der Waals surface area contributed by atoms with E-state index in [0.717, 1.165) is 0 Å². The van der Waals surface area contributed by atoms with Crippen molar-refractivity contribution >= 4 is 7.85 Å². The topological polar surface area (TPSA) is 0 Å². The summed E-state index contributed by atoms with van der Waals surface area (Å²) < 4.78 is 0. The van der Waals surface area contributed by atoms with Crippen molar-refractivity contribution in [1.82, 2.24) is 0 Å². The fourth-order valence-electron chi connectivity index (χ4n) is 0.366. The molecule has 0 amide bonds. The summed E-state index contributed by atoms with van der Waals surface area (Å²) in [7, 11) is 2.08. The first kappa shape index (κ1) is 8.28. The molecular weight excluding hydrogens is 107 g/mol. The maximum atomic E-state index is 3.64. The van der Waals surface area contributed by atoms with Gasteiger partial charge in [0.25, 0.3) is 0 Å². The normalized spacial score (nSPS) is 13.6. The fraction of sp³-hybridized carbons (Fsp3) is 0.250. The SMILES string of the molecule is B/C(C)=C/C=C(/C)C=C. The van der Waals surface area contributed by atoms with Crippen molar-refractivity contribution in [1.29, 1.82) is 0 Å². The minimum absolute atomic E-state index is 1.20. The molecule has 0 aromatic heterocycles. The Labute approximate surface area is 58.4 Å². The second-order valence-corrected chi connectivity index (χ2v) is 2.36. The van der Waals surface area contributed by atoms with Crippen LogP contribution in [-0.4, -0.2) is 7.85 Å². The van der Waals surface area contributed by atoms with Gasteiger partial charge in [0.05, 0.1) is 0 Å². The van der Waals surface area contributed by atoms with Crippen molar-refractivity contribution in [2.75, 3.05) is 0 Å². The Hall–Kier alpha value is -0.715. The van der Waals surface area contributed by atoms with Gasteiger partial charge in [-0.15, -0.1) is 5.47 Å². The van der Waals surface area contributed by atoms with Crippen LogP contribution in [0.1, 0.15) is 13.8 Å². The number of hydrogen-bond acceptors (Lipinski definition) is 0. The van der Waals surface area contributed by atoms with Crippen LogP contribution in [0.25, 0.3) is 0 Å². The van der Waals surface area contributed by atoms with E-state index < -0.39 is 0 Å². The van der Waals surface area contributed by atoms with E-state index in [1.165, 1.54) is 11.0 Å². The molecule has 9 heavy (non-hydrogen) atoms. The van der Waals surface area contributed by atoms with Gasteiger partial charge in [-0.25, -0.2) is 0 Å². The molecular formula is C8H13B. The van der Waals surface area contributed by atoms with E-state index >= 15 is 0 Å². The molecule has 0 aliphatic heterocycles. The molecule has 0 aliphatic rings. The Morgan fingerprint density at radius 2 is 1.89 bits per heavy atom. The minimum Gasteiger partial charge on any atom is -0.113 e. The van der Waals surface area contributed by atoms with Crippen LogP contribution in [0.3, 0.4) is 0 Å². The Morgan fingerprint density at radius 1 is 1.33 bits per heavy atom. The van der Waals surface area contributed by atoms with E-state index in [1.807, 2.05) is 13.0 Å². The summed E-state index contributed by atoms with van der Waals surface area (Å²) in [5, 5.41) is 0. The van der Waals surface area contributed by atoms with Crippen LogP contribution in [0.15, 0.2) is 35.9 Å². The second-order valence-electron chi connectivity index (χ2n) is 2.36. The summed E-state index contributed by atoms with van der Waals surface area (Å²) >= 11 is 0. The molecule has 0 radical (unpaired) electrons. The van der Waals surface area contributed by atoms with E-state index in [1.54, 1.807) is 0 Å². The molecule has 0 N–H and O–H groups in total. The van der Waals surface area contributed by atoms with Crippen LogP contribution in [0.2, 0.25) is 0 Å². The first-order valence-electron chi connectivity index (χ1n) is 3.11. The molecule has 0 bridgehead atoms. The molecule has 48 valence electrons. The number of rotatable bonds is 2. The van der Waals surface area contributed by atoms with Gasteiger partial charge in [0.15, 0.2) is 0 Å². The average Bonchev–Trinajstić information content (AvgIpc) is 1.83. The standard InChI is InChI=1S/C8H13B/c1-4-7(2)5-6-8(3)9/h4-6H,1,9H2,2-3H3/b7-5-,8-6+. The summed E-state index contributed by atoms with van der Waals surface area (Å²) in [6.45, 7) is 7.75. The van der Waals surface area contributed by atoms with Gasteiger partial charge in [-0.3, -0.25) is 0 Å². The molecule has 0 aliphatic carbocycles.